The zero-order valence-corrected chi connectivity index (χ0v) is 12.2. The highest BCUT2D eigenvalue weighted by molar-refractivity contribution is 6.53. The maximum Gasteiger partial charge on any atom is 0.273 e. The first-order valence-corrected chi connectivity index (χ1v) is 7.07. The lowest BCUT2D eigenvalue weighted by Gasteiger charge is -2.29. The van der Waals surface area contributed by atoms with Gasteiger partial charge in [-0.05, 0) is 32.0 Å². The Hall–Kier alpha value is -1.92. The van der Waals surface area contributed by atoms with Crippen molar-refractivity contribution >= 4 is 23.7 Å². The minimum atomic E-state index is -0.222. The molecule has 3 aliphatic heterocycles. The molecule has 3 heterocycles. The van der Waals surface area contributed by atoms with Crippen LogP contribution in [0.15, 0.2) is 38.3 Å². The lowest BCUT2D eigenvalue weighted by molar-refractivity contribution is -0.114. The molecule has 1 fully saturated rings. The molecule has 3 rings (SSSR count). The van der Waals surface area contributed by atoms with Crippen molar-refractivity contribution in [2.45, 2.75) is 25.5 Å². The van der Waals surface area contributed by atoms with Gasteiger partial charge in [-0.15, -0.1) is 0 Å². The first-order valence-electron chi connectivity index (χ1n) is 7.07. The molecule has 0 spiro atoms. The predicted molar refractivity (Wildman–Crippen MR) is 82.3 cm³/mol. The van der Waals surface area contributed by atoms with Gasteiger partial charge in [-0.3, -0.25) is 9.79 Å². The zero-order chi connectivity index (χ0) is 14.8. The number of fused-ring (bicyclic) bond motifs is 1. The van der Waals surface area contributed by atoms with Gasteiger partial charge in [0.1, 0.15) is 5.71 Å². The summed E-state index contributed by atoms with van der Waals surface area (Å²) < 4.78 is 5.46. The average Bonchev–Trinajstić information content (AvgIpc) is 2.50. The van der Waals surface area contributed by atoms with E-state index < -0.39 is 0 Å². The number of hydrogen-bond donors (Lipinski definition) is 1. The molecule has 21 heavy (non-hydrogen) atoms. The van der Waals surface area contributed by atoms with E-state index in [4.69, 9.17) is 9.73 Å². The number of allylic oxidation sites excluding steroid dienone is 2. The lowest BCUT2D eigenvalue weighted by Crippen LogP contribution is -2.45. The molecule has 6 nitrogen and oxygen atoms in total. The third-order valence-electron chi connectivity index (χ3n) is 3.84. The molecule has 2 atom stereocenters. The Kier molecular flexibility index (Phi) is 3.90. The van der Waals surface area contributed by atoms with Crippen molar-refractivity contribution in [3.63, 3.8) is 0 Å². The summed E-state index contributed by atoms with van der Waals surface area (Å²) in [6.45, 7) is 3.44. The molecule has 0 aromatic heterocycles. The zero-order valence-electron chi connectivity index (χ0n) is 12.2. The number of piperidine rings is 1. The molecule has 1 saturated heterocycles. The Bertz CT molecular complexity index is 613. The molecule has 110 valence electrons. The van der Waals surface area contributed by atoms with Gasteiger partial charge in [0.2, 0.25) is 0 Å². The fourth-order valence-corrected chi connectivity index (χ4v) is 2.63. The van der Waals surface area contributed by atoms with Crippen LogP contribution in [0.3, 0.4) is 0 Å². The van der Waals surface area contributed by atoms with Gasteiger partial charge < -0.3 is 10.1 Å². The van der Waals surface area contributed by atoms with Crippen molar-refractivity contribution in [1.82, 2.24) is 5.32 Å². The van der Waals surface area contributed by atoms with Gasteiger partial charge in [-0.2, -0.15) is 0 Å². The summed E-state index contributed by atoms with van der Waals surface area (Å²) in [7, 11) is 1.69. The predicted octanol–water partition coefficient (Wildman–Crippen LogP) is 0.700. The normalized spacial score (nSPS) is 30.7. The number of amidine groups is 1. The van der Waals surface area contributed by atoms with Gasteiger partial charge >= 0.3 is 0 Å². The van der Waals surface area contributed by atoms with E-state index in [1.165, 1.54) is 0 Å². The highest BCUT2D eigenvalue weighted by atomic mass is 16.5. The summed E-state index contributed by atoms with van der Waals surface area (Å²) in [5.74, 6) is 0.305. The first kappa shape index (κ1) is 14.0. The maximum atomic E-state index is 11.8. The summed E-state index contributed by atoms with van der Waals surface area (Å²) in [4.78, 5) is 24.9. The van der Waals surface area contributed by atoms with E-state index in [9.17, 15) is 4.79 Å². The summed E-state index contributed by atoms with van der Waals surface area (Å²) >= 11 is 0. The Morgan fingerprint density at radius 2 is 2.33 bits per heavy atom. The third-order valence-corrected chi connectivity index (χ3v) is 3.84. The molecule has 0 aliphatic carbocycles. The van der Waals surface area contributed by atoms with Gasteiger partial charge in [-0.25, -0.2) is 9.98 Å². The van der Waals surface area contributed by atoms with Gasteiger partial charge in [-0.1, -0.05) is 0 Å². The molecule has 0 unspecified atom stereocenters. The summed E-state index contributed by atoms with van der Waals surface area (Å²) in [5, 5.41) is 3.28. The quantitative estimate of drug-likeness (QED) is 0.812. The van der Waals surface area contributed by atoms with Crippen LogP contribution in [0.2, 0.25) is 0 Å². The second-order valence-electron chi connectivity index (χ2n) is 5.28. The fourth-order valence-electron chi connectivity index (χ4n) is 2.63. The molecular formula is C15H18N4O2. The van der Waals surface area contributed by atoms with Crippen molar-refractivity contribution < 1.29 is 9.53 Å². The van der Waals surface area contributed by atoms with E-state index >= 15 is 0 Å². The minimum Gasteiger partial charge on any atom is -0.378 e. The summed E-state index contributed by atoms with van der Waals surface area (Å²) in [6.07, 6.45) is 6.29. The molecule has 0 saturated carbocycles. The number of carbonyl (C=O) groups is 1. The molecule has 0 aromatic rings. The number of hydrogen-bond acceptors (Lipinski definition) is 4. The van der Waals surface area contributed by atoms with Crippen molar-refractivity contribution in [1.29, 1.82) is 0 Å². The van der Waals surface area contributed by atoms with Crippen LogP contribution in [-0.2, 0) is 9.53 Å². The third kappa shape index (κ3) is 2.77. The molecule has 1 N–H and O–H groups in total. The number of ether oxygens (including phenoxy) is 1. The van der Waals surface area contributed by atoms with Crippen LogP contribution < -0.4 is 5.32 Å². The standard InChI is InChI=1S/C15H18N4O2/c1-9-7-10-3-6-17-14(13(10)19-15(9)20)18-11-4-5-16-8-12(11)21-2/h3,6-7,11-12,16H,4-5,8H2,1-2H3/t11-,12-/m1/s1. The van der Waals surface area contributed by atoms with E-state index in [1.807, 2.05) is 12.2 Å². The number of rotatable bonds is 2. The average molecular weight is 286 g/mol. The van der Waals surface area contributed by atoms with Crippen molar-refractivity contribution in [3.05, 3.63) is 23.3 Å². The number of carbonyl (C=O) groups excluding carboxylic acids is 1. The maximum absolute atomic E-state index is 11.8. The first-order chi connectivity index (χ1) is 10.2. The monoisotopic (exact) mass is 286 g/mol. The van der Waals surface area contributed by atoms with Crippen molar-refractivity contribution in [2.24, 2.45) is 15.0 Å². The number of nitrogens with zero attached hydrogens (tertiary/aromatic N) is 3. The Balaban J connectivity index is 1.91. The van der Waals surface area contributed by atoms with Crippen LogP contribution in [0.25, 0.3) is 0 Å². The lowest BCUT2D eigenvalue weighted by atomic mass is 9.99. The molecule has 0 radical (unpaired) electrons. The highest BCUT2D eigenvalue weighted by Crippen LogP contribution is 2.19. The fraction of sp³-hybridized carbons (Fsp3) is 0.467. The molecule has 6 heteroatoms. The van der Waals surface area contributed by atoms with Crippen LogP contribution in [-0.4, -0.2) is 56.0 Å². The van der Waals surface area contributed by atoms with Gasteiger partial charge in [0.05, 0.1) is 12.1 Å². The second kappa shape index (κ2) is 5.83. The molecule has 0 bridgehead atoms. The smallest absolute Gasteiger partial charge is 0.273 e. The Labute approximate surface area is 123 Å². The largest absolute Gasteiger partial charge is 0.378 e. The number of nitrogens with one attached hydrogen (secondary N) is 1. The summed E-state index contributed by atoms with van der Waals surface area (Å²) in [6, 6.07) is 0.0348. The van der Waals surface area contributed by atoms with Crippen LogP contribution in [0.5, 0.6) is 0 Å². The number of amides is 1. The SMILES string of the molecule is CO[C@@H]1CNCC[C@H]1N=C1N=CC=C2C=C(C)C(=O)N=C21. The van der Waals surface area contributed by atoms with E-state index in [2.05, 4.69) is 15.3 Å². The van der Waals surface area contributed by atoms with Crippen LogP contribution >= 0.6 is 0 Å². The van der Waals surface area contributed by atoms with E-state index in [0.717, 1.165) is 25.1 Å². The number of methoxy groups -OCH3 is 1. The summed E-state index contributed by atoms with van der Waals surface area (Å²) in [5.41, 5.74) is 2.10. The van der Waals surface area contributed by atoms with E-state index in [1.54, 1.807) is 20.2 Å². The van der Waals surface area contributed by atoms with E-state index in [0.29, 0.717) is 17.1 Å². The Morgan fingerprint density at radius 3 is 3.14 bits per heavy atom. The number of aliphatic imine (C=N–C) groups is 3. The highest BCUT2D eigenvalue weighted by Gasteiger charge is 2.28. The van der Waals surface area contributed by atoms with Crippen molar-refractivity contribution in [3.8, 4) is 0 Å². The van der Waals surface area contributed by atoms with Crippen LogP contribution in [0, 0.1) is 0 Å². The van der Waals surface area contributed by atoms with E-state index in [-0.39, 0.29) is 18.1 Å². The molecule has 1 amide bonds. The van der Waals surface area contributed by atoms with Crippen molar-refractivity contribution in [2.75, 3.05) is 20.2 Å². The molecular weight excluding hydrogens is 268 g/mol. The Morgan fingerprint density at radius 1 is 1.48 bits per heavy atom. The number of dihydropyridines is 2. The molecule has 0 aromatic carbocycles. The van der Waals surface area contributed by atoms with Gasteiger partial charge in [0.25, 0.3) is 5.91 Å². The molecule has 3 aliphatic rings. The second-order valence-corrected chi connectivity index (χ2v) is 5.28. The minimum absolute atomic E-state index is 0.0213. The van der Waals surface area contributed by atoms with Crippen LogP contribution in [0.1, 0.15) is 13.3 Å². The van der Waals surface area contributed by atoms with Gasteiger partial charge in [0, 0.05) is 31.0 Å². The topological polar surface area (TPSA) is 75.4 Å². The van der Waals surface area contributed by atoms with Crippen LogP contribution in [0.4, 0.5) is 0 Å². The van der Waals surface area contributed by atoms with Gasteiger partial charge in [0.15, 0.2) is 5.84 Å².